The van der Waals surface area contributed by atoms with Crippen LogP contribution in [0, 0.1) is 11.3 Å². The van der Waals surface area contributed by atoms with Gasteiger partial charge in [0.1, 0.15) is 29.6 Å². The van der Waals surface area contributed by atoms with Gasteiger partial charge in [0, 0.05) is 5.69 Å². The van der Waals surface area contributed by atoms with Crippen LogP contribution in [-0.4, -0.2) is 37.2 Å². The van der Waals surface area contributed by atoms with Crippen LogP contribution in [0.3, 0.4) is 0 Å². The number of furan rings is 1. The van der Waals surface area contributed by atoms with Gasteiger partial charge >= 0.3 is 17.9 Å². The Bertz CT molecular complexity index is 1510. The first kappa shape index (κ1) is 26.6. The minimum atomic E-state index is -1.19. The summed E-state index contributed by atoms with van der Waals surface area (Å²) >= 11 is 0. The number of nitrogens with zero attached hydrogens (tertiary/aromatic N) is 2. The summed E-state index contributed by atoms with van der Waals surface area (Å²) in [5, 5.41) is 19.1. The highest BCUT2D eigenvalue weighted by Crippen LogP contribution is 2.43. The fourth-order valence-corrected chi connectivity index (χ4v) is 4.20. The minimum absolute atomic E-state index is 0.0322. The van der Waals surface area contributed by atoms with E-state index < -0.39 is 23.8 Å². The Kier molecular flexibility index (Phi) is 7.67. The predicted octanol–water partition coefficient (Wildman–Crippen LogP) is 3.45. The molecule has 0 saturated carbocycles. The molecule has 0 fully saturated rings. The number of carboxylic acid groups (broad SMARTS) is 1. The summed E-state index contributed by atoms with van der Waals surface area (Å²) in [5.41, 5.74) is 7.12. The molecule has 1 unspecified atom stereocenters. The van der Waals surface area contributed by atoms with Crippen molar-refractivity contribution in [2.24, 2.45) is 5.73 Å². The van der Waals surface area contributed by atoms with Gasteiger partial charge in [-0.1, -0.05) is 30.3 Å². The number of carboxylic acids is 1. The molecule has 3 aromatic rings. The van der Waals surface area contributed by atoms with Gasteiger partial charge in [-0.2, -0.15) is 5.26 Å². The van der Waals surface area contributed by atoms with Crippen LogP contribution >= 0.6 is 0 Å². The van der Waals surface area contributed by atoms with Crippen LogP contribution in [0.2, 0.25) is 0 Å². The van der Waals surface area contributed by atoms with Crippen molar-refractivity contribution in [3.8, 4) is 11.8 Å². The number of carbonyl (C=O) groups excluding carboxylic acids is 2. The van der Waals surface area contributed by atoms with Crippen molar-refractivity contribution in [2.75, 3.05) is 19.1 Å². The van der Waals surface area contributed by atoms with Gasteiger partial charge in [-0.15, -0.1) is 0 Å². The maximum absolute atomic E-state index is 13.1. The van der Waals surface area contributed by atoms with Crippen LogP contribution in [0.5, 0.6) is 5.75 Å². The zero-order chi connectivity index (χ0) is 28.1. The summed E-state index contributed by atoms with van der Waals surface area (Å²) in [6.07, 6.45) is 0. The van der Waals surface area contributed by atoms with Gasteiger partial charge in [0.2, 0.25) is 5.76 Å². The average molecular weight is 530 g/mol. The maximum atomic E-state index is 13.1. The van der Waals surface area contributed by atoms with E-state index in [0.29, 0.717) is 22.8 Å². The van der Waals surface area contributed by atoms with Crippen molar-refractivity contribution >= 4 is 23.6 Å². The zero-order valence-corrected chi connectivity index (χ0v) is 20.9. The summed E-state index contributed by atoms with van der Waals surface area (Å²) < 4.78 is 20.9. The molecule has 11 nitrogen and oxygen atoms in total. The molecule has 1 aromatic heterocycles. The highest BCUT2D eigenvalue weighted by molar-refractivity contribution is 6.06. The summed E-state index contributed by atoms with van der Waals surface area (Å²) in [7, 11) is 2.34. The lowest BCUT2D eigenvalue weighted by Crippen LogP contribution is -2.40. The van der Waals surface area contributed by atoms with Gasteiger partial charge in [-0.05, 0) is 42.0 Å². The highest BCUT2D eigenvalue weighted by Gasteiger charge is 2.42. The molecule has 0 amide bonds. The number of esters is 2. The van der Waals surface area contributed by atoms with E-state index in [1.165, 1.54) is 31.3 Å². The largest absolute Gasteiger partial charge is 0.486 e. The predicted molar refractivity (Wildman–Crippen MR) is 136 cm³/mol. The molecule has 0 spiro atoms. The van der Waals surface area contributed by atoms with E-state index in [1.54, 1.807) is 54.6 Å². The van der Waals surface area contributed by atoms with E-state index in [9.17, 15) is 19.6 Å². The maximum Gasteiger partial charge on any atom is 0.371 e. The highest BCUT2D eigenvalue weighted by atomic mass is 16.5. The van der Waals surface area contributed by atoms with Crippen LogP contribution in [0.25, 0.3) is 0 Å². The molecule has 1 atom stereocenters. The van der Waals surface area contributed by atoms with Crippen molar-refractivity contribution in [3.63, 3.8) is 0 Å². The van der Waals surface area contributed by atoms with Gasteiger partial charge in [-0.3, -0.25) is 4.90 Å². The molecular formula is C28H23N3O8. The number of nitrogens with two attached hydrogens (primary N) is 1. The van der Waals surface area contributed by atoms with Gasteiger partial charge in [-0.25, -0.2) is 14.4 Å². The molecule has 198 valence electrons. The number of aromatic carboxylic acids is 1. The molecule has 3 N–H and O–H groups in total. The first-order valence-corrected chi connectivity index (χ1v) is 11.5. The molecular weight excluding hydrogens is 506 g/mol. The lowest BCUT2D eigenvalue weighted by Gasteiger charge is -2.35. The molecule has 2 aromatic carbocycles. The third-order valence-electron chi connectivity index (χ3n) is 5.96. The second kappa shape index (κ2) is 11.3. The number of anilines is 1. The molecule has 11 heteroatoms. The number of rotatable bonds is 8. The third-order valence-corrected chi connectivity index (χ3v) is 5.96. The molecule has 0 aliphatic carbocycles. The normalized spacial score (nSPS) is 15.0. The second-order valence-electron chi connectivity index (χ2n) is 8.19. The zero-order valence-electron chi connectivity index (χ0n) is 20.9. The van der Waals surface area contributed by atoms with Crippen LogP contribution in [0.15, 0.2) is 93.8 Å². The molecule has 0 bridgehead atoms. The van der Waals surface area contributed by atoms with Gasteiger partial charge in [0.15, 0.2) is 0 Å². The molecule has 4 rings (SSSR count). The van der Waals surface area contributed by atoms with Crippen LogP contribution in [-0.2, 0) is 25.7 Å². The second-order valence-corrected chi connectivity index (χ2v) is 8.19. The van der Waals surface area contributed by atoms with Gasteiger partial charge < -0.3 is 29.5 Å². The van der Waals surface area contributed by atoms with Crippen LogP contribution < -0.4 is 15.4 Å². The van der Waals surface area contributed by atoms with E-state index in [2.05, 4.69) is 6.07 Å². The summed E-state index contributed by atoms with van der Waals surface area (Å²) in [4.78, 5) is 38.5. The summed E-state index contributed by atoms with van der Waals surface area (Å²) in [6.45, 7) is -0.0322. The minimum Gasteiger partial charge on any atom is -0.486 e. The molecule has 39 heavy (non-hydrogen) atoms. The van der Waals surface area contributed by atoms with Crippen LogP contribution in [0.1, 0.15) is 27.8 Å². The van der Waals surface area contributed by atoms with Crippen molar-refractivity contribution < 1.29 is 38.1 Å². The van der Waals surface area contributed by atoms with E-state index in [0.717, 1.165) is 0 Å². The Morgan fingerprint density at radius 3 is 2.23 bits per heavy atom. The Labute approximate surface area is 222 Å². The topological polar surface area (TPSA) is 165 Å². The van der Waals surface area contributed by atoms with E-state index in [4.69, 9.17) is 29.5 Å². The lowest BCUT2D eigenvalue weighted by molar-refractivity contribution is -0.139. The number of allylic oxidation sites excluding steroid dienone is 1. The number of carbonyl (C=O) groups is 3. The molecule has 1 aliphatic heterocycles. The standard InChI is InChI=1S/C28H23N3O8/c1-36-27(34)23-22(16-6-4-3-5-7-16)20(14-29)25(30)31(24(23)28(35)37-2)17-8-10-18(11-9-17)38-15-19-12-13-21(39-19)26(32)33/h3-13,22H,15,30H2,1-2H3,(H,32,33). The van der Waals surface area contributed by atoms with Crippen molar-refractivity contribution in [2.45, 2.75) is 12.5 Å². The molecule has 2 heterocycles. The van der Waals surface area contributed by atoms with E-state index in [1.807, 2.05) is 0 Å². The molecule has 0 saturated heterocycles. The Morgan fingerprint density at radius 1 is 1.00 bits per heavy atom. The number of ether oxygens (including phenoxy) is 3. The number of hydrogen-bond donors (Lipinski definition) is 2. The fraction of sp³-hybridized carbons (Fsp3) is 0.143. The van der Waals surface area contributed by atoms with Crippen molar-refractivity contribution in [3.05, 3.63) is 106 Å². The van der Waals surface area contributed by atoms with Gasteiger partial charge in [0.05, 0.1) is 37.4 Å². The first-order chi connectivity index (χ1) is 18.8. The number of nitriles is 1. The van der Waals surface area contributed by atoms with Gasteiger partial charge in [0.25, 0.3) is 0 Å². The van der Waals surface area contributed by atoms with E-state index in [-0.39, 0.29) is 35.0 Å². The number of methoxy groups -OCH3 is 2. The third kappa shape index (κ3) is 5.17. The van der Waals surface area contributed by atoms with Crippen LogP contribution in [0.4, 0.5) is 5.69 Å². The smallest absolute Gasteiger partial charge is 0.371 e. The summed E-state index contributed by atoms with van der Waals surface area (Å²) in [5.74, 6) is -3.41. The lowest BCUT2D eigenvalue weighted by atomic mass is 9.81. The Hall–Kier alpha value is -5.50. The van der Waals surface area contributed by atoms with Crippen molar-refractivity contribution in [1.82, 2.24) is 0 Å². The average Bonchev–Trinajstić information content (AvgIpc) is 3.45. The Morgan fingerprint density at radius 2 is 1.67 bits per heavy atom. The SMILES string of the molecule is COC(=O)C1=C(C(=O)OC)N(c2ccc(OCc3ccc(C(=O)O)o3)cc2)C(N)=C(C#N)C1c1ccccc1. The number of hydrogen-bond acceptors (Lipinski definition) is 10. The fourth-order valence-electron chi connectivity index (χ4n) is 4.20. The Balaban J connectivity index is 1.76. The molecule has 0 radical (unpaired) electrons. The summed E-state index contributed by atoms with van der Waals surface area (Å²) in [6, 6.07) is 19.9. The monoisotopic (exact) mass is 529 g/mol. The first-order valence-electron chi connectivity index (χ1n) is 11.5. The number of benzene rings is 2. The quantitative estimate of drug-likeness (QED) is 0.410. The molecule has 1 aliphatic rings. The van der Waals surface area contributed by atoms with Crippen molar-refractivity contribution in [1.29, 1.82) is 5.26 Å². The van der Waals surface area contributed by atoms with E-state index >= 15 is 0 Å².